The third-order valence-electron chi connectivity index (χ3n) is 4.07. The van der Waals surface area contributed by atoms with Crippen molar-refractivity contribution in [3.05, 3.63) is 48.5 Å². The van der Waals surface area contributed by atoms with E-state index in [0.29, 0.717) is 0 Å². The second kappa shape index (κ2) is 8.36. The Kier molecular flexibility index (Phi) is 6.33. The molecule has 0 N–H and O–H groups in total. The molecule has 0 spiro atoms. The van der Waals surface area contributed by atoms with Gasteiger partial charge in [-0.25, -0.2) is 8.42 Å². The molecule has 0 atom stereocenters. The molecule has 152 valence electrons. The van der Waals surface area contributed by atoms with Crippen molar-refractivity contribution in [2.75, 3.05) is 9.80 Å². The van der Waals surface area contributed by atoms with Crippen molar-refractivity contribution in [2.45, 2.75) is 37.5 Å². The van der Waals surface area contributed by atoms with E-state index in [-0.39, 0.29) is 21.2 Å². The van der Waals surface area contributed by atoms with Gasteiger partial charge in [0.1, 0.15) is 0 Å². The Morgan fingerprint density at radius 1 is 0.552 bits per heavy atom. The number of hydrogen-bond acceptors (Lipinski definition) is 6. The highest BCUT2D eigenvalue weighted by Crippen LogP contribution is 2.26. The Morgan fingerprint density at radius 3 is 1.00 bits per heavy atom. The van der Waals surface area contributed by atoms with Crippen LogP contribution in [0.4, 0.5) is 11.4 Å². The Hall–Kier alpha value is -3.33. The summed E-state index contributed by atoms with van der Waals surface area (Å²) in [6.45, 7) is 4.94. The van der Waals surface area contributed by atoms with E-state index in [1.165, 1.54) is 76.2 Å². The van der Waals surface area contributed by atoms with Crippen molar-refractivity contribution in [3.8, 4) is 0 Å². The molecule has 0 unspecified atom stereocenters. The van der Waals surface area contributed by atoms with Gasteiger partial charge in [0.15, 0.2) is 0 Å². The fourth-order valence-corrected chi connectivity index (χ4v) is 4.12. The predicted molar refractivity (Wildman–Crippen MR) is 106 cm³/mol. The van der Waals surface area contributed by atoms with Crippen molar-refractivity contribution in [3.63, 3.8) is 0 Å². The molecule has 2 aromatic rings. The number of benzene rings is 2. The average Bonchev–Trinajstić information content (AvgIpc) is 2.61. The number of carbonyl (C=O) groups excluding carboxylic acids is 4. The number of hydrogen-bond donors (Lipinski definition) is 0. The van der Waals surface area contributed by atoms with Crippen molar-refractivity contribution >= 4 is 44.8 Å². The van der Waals surface area contributed by atoms with Crippen LogP contribution in [-0.4, -0.2) is 32.0 Å². The molecule has 8 nitrogen and oxygen atoms in total. The lowest BCUT2D eigenvalue weighted by molar-refractivity contribution is -0.125. The normalized spacial score (nSPS) is 10.9. The zero-order valence-corrected chi connectivity index (χ0v) is 17.2. The van der Waals surface area contributed by atoms with Crippen molar-refractivity contribution in [2.24, 2.45) is 0 Å². The smallest absolute Gasteiger partial charge is 0.230 e. The topological polar surface area (TPSA) is 109 Å². The van der Waals surface area contributed by atoms with Gasteiger partial charge in [0.25, 0.3) is 0 Å². The highest BCUT2D eigenvalue weighted by Gasteiger charge is 2.22. The minimum absolute atomic E-state index is 0.0314. The van der Waals surface area contributed by atoms with Crippen LogP contribution in [0.5, 0.6) is 0 Å². The molecule has 0 heterocycles. The van der Waals surface area contributed by atoms with E-state index < -0.39 is 33.5 Å². The first-order chi connectivity index (χ1) is 13.5. The van der Waals surface area contributed by atoms with Crippen LogP contribution in [0.2, 0.25) is 0 Å². The maximum absolute atomic E-state index is 12.8. The third kappa shape index (κ3) is 4.57. The van der Waals surface area contributed by atoms with Gasteiger partial charge in [0.2, 0.25) is 33.5 Å². The summed E-state index contributed by atoms with van der Waals surface area (Å²) in [7, 11) is -3.88. The first-order valence-corrected chi connectivity index (χ1v) is 10.0. The van der Waals surface area contributed by atoms with Crippen molar-refractivity contribution in [1.29, 1.82) is 0 Å². The lowest BCUT2D eigenvalue weighted by atomic mass is 10.3. The van der Waals surface area contributed by atoms with Crippen LogP contribution in [0.3, 0.4) is 0 Å². The van der Waals surface area contributed by atoms with Crippen LogP contribution in [0.25, 0.3) is 0 Å². The van der Waals surface area contributed by atoms with Gasteiger partial charge in [-0.1, -0.05) is 0 Å². The molecule has 0 radical (unpaired) electrons. The van der Waals surface area contributed by atoms with Gasteiger partial charge in [-0.2, -0.15) is 0 Å². The number of amides is 4. The number of sulfone groups is 1. The van der Waals surface area contributed by atoms with Crippen LogP contribution >= 0.6 is 0 Å². The molecule has 0 saturated carbocycles. The van der Waals surface area contributed by atoms with Crippen LogP contribution in [0, 0.1) is 0 Å². The molecule has 9 heteroatoms. The van der Waals surface area contributed by atoms with Crippen LogP contribution in [0.1, 0.15) is 27.7 Å². The van der Waals surface area contributed by atoms with E-state index in [4.69, 9.17) is 0 Å². The maximum atomic E-state index is 12.8. The number of imide groups is 2. The zero-order valence-electron chi connectivity index (χ0n) is 16.4. The summed E-state index contributed by atoms with van der Waals surface area (Å²) in [6, 6.07) is 10.7. The summed E-state index contributed by atoms with van der Waals surface area (Å²) in [5.41, 5.74) is 0.524. The minimum atomic E-state index is -3.88. The molecule has 0 aromatic heterocycles. The van der Waals surface area contributed by atoms with Crippen LogP contribution in [0.15, 0.2) is 58.3 Å². The molecule has 0 saturated heterocycles. The van der Waals surface area contributed by atoms with Gasteiger partial charge in [-0.05, 0) is 48.5 Å². The largest absolute Gasteiger partial charge is 0.274 e. The quantitative estimate of drug-likeness (QED) is 0.757. The molecule has 0 bridgehead atoms. The highest BCUT2D eigenvalue weighted by atomic mass is 32.2. The van der Waals surface area contributed by atoms with Gasteiger partial charge in [-0.15, -0.1) is 0 Å². The number of carbonyl (C=O) groups is 4. The second-order valence-electron chi connectivity index (χ2n) is 6.24. The monoisotopic (exact) mass is 416 g/mol. The van der Waals surface area contributed by atoms with Gasteiger partial charge in [-0.3, -0.25) is 29.0 Å². The van der Waals surface area contributed by atoms with Crippen LogP contribution < -0.4 is 9.80 Å². The van der Waals surface area contributed by atoms with Crippen molar-refractivity contribution < 1.29 is 27.6 Å². The van der Waals surface area contributed by atoms with Crippen molar-refractivity contribution in [1.82, 2.24) is 0 Å². The minimum Gasteiger partial charge on any atom is -0.274 e. The Bertz CT molecular complexity index is 963. The first kappa shape index (κ1) is 22.0. The van der Waals surface area contributed by atoms with E-state index >= 15 is 0 Å². The lowest BCUT2D eigenvalue weighted by Crippen LogP contribution is -2.33. The van der Waals surface area contributed by atoms with Gasteiger partial charge in [0.05, 0.1) is 21.2 Å². The number of anilines is 2. The van der Waals surface area contributed by atoms with Gasteiger partial charge >= 0.3 is 0 Å². The molecule has 2 rings (SSSR count). The van der Waals surface area contributed by atoms with E-state index in [2.05, 4.69) is 0 Å². The first-order valence-electron chi connectivity index (χ1n) is 8.54. The van der Waals surface area contributed by atoms with E-state index in [1.54, 1.807) is 0 Å². The summed E-state index contributed by atoms with van der Waals surface area (Å²) in [6.07, 6.45) is 0. The van der Waals surface area contributed by atoms with E-state index in [0.717, 1.165) is 9.80 Å². The summed E-state index contributed by atoms with van der Waals surface area (Å²) >= 11 is 0. The molecule has 0 aliphatic carbocycles. The Morgan fingerprint density at radius 2 is 0.793 bits per heavy atom. The van der Waals surface area contributed by atoms with Gasteiger partial charge in [0, 0.05) is 27.7 Å². The molecule has 0 aliphatic rings. The summed E-state index contributed by atoms with van der Waals surface area (Å²) in [5, 5.41) is 0. The van der Waals surface area contributed by atoms with E-state index in [1.807, 2.05) is 0 Å². The maximum Gasteiger partial charge on any atom is 0.230 e. The fourth-order valence-electron chi connectivity index (χ4n) is 2.86. The standard InChI is InChI=1S/C20H20N2O6S/c1-13(23)21(14(2)24)17-5-9-19(10-6-17)29(27,28)20-11-7-18(8-12-20)22(15(3)25)16(4)26/h5-12H,1-4H3. The number of rotatable bonds is 4. The SMILES string of the molecule is CC(=O)N(C(C)=O)c1ccc(S(=O)(=O)c2ccc(N(C(C)=O)C(C)=O)cc2)cc1. The molecule has 0 aliphatic heterocycles. The summed E-state index contributed by atoms with van der Waals surface area (Å²) in [5.74, 6) is -1.93. The molecule has 29 heavy (non-hydrogen) atoms. The highest BCUT2D eigenvalue weighted by molar-refractivity contribution is 7.91. The molecule has 2 aromatic carbocycles. The second-order valence-corrected chi connectivity index (χ2v) is 8.19. The average molecular weight is 416 g/mol. The third-order valence-corrected chi connectivity index (χ3v) is 5.86. The molecule has 0 fully saturated rings. The number of nitrogens with zero attached hydrogens (tertiary/aromatic N) is 2. The Labute approximate surface area is 168 Å². The van der Waals surface area contributed by atoms with Gasteiger partial charge < -0.3 is 0 Å². The zero-order chi connectivity index (χ0) is 21.9. The molecule has 4 amide bonds. The fraction of sp³-hybridized carbons (Fsp3) is 0.200. The van der Waals surface area contributed by atoms with E-state index in [9.17, 15) is 27.6 Å². The summed E-state index contributed by atoms with van der Waals surface area (Å²) < 4.78 is 25.7. The predicted octanol–water partition coefficient (Wildman–Crippen LogP) is 2.32. The Balaban J connectivity index is 2.38. The lowest BCUT2D eigenvalue weighted by Gasteiger charge is -2.18. The van der Waals surface area contributed by atoms with Crippen LogP contribution in [-0.2, 0) is 29.0 Å². The molecular weight excluding hydrogens is 396 g/mol. The molecular formula is C20H20N2O6S. The summed E-state index contributed by atoms with van der Waals surface area (Å²) in [4.78, 5) is 48.2.